The number of carbonyl (C=O) groups is 1. The standard InChI is InChI=1S/C26H23N5O4/c1-34-20-13-12-17-14-27-31(26(33)22(17)24(20)35-2)15-21(32)30-23(16-8-4-3-5-9-16)25-28-18-10-6-7-11-19(18)29-25/h3-14,23H,15H2,1-2H3,(H,28,29)(H,30,32). The predicted octanol–water partition coefficient (Wildman–Crippen LogP) is 3.20. The summed E-state index contributed by atoms with van der Waals surface area (Å²) in [5.41, 5.74) is 2.07. The Labute approximate surface area is 200 Å². The van der Waals surface area contributed by atoms with Crippen LogP contribution >= 0.6 is 0 Å². The van der Waals surface area contributed by atoms with Gasteiger partial charge in [-0.05, 0) is 29.8 Å². The first-order valence-corrected chi connectivity index (χ1v) is 11.0. The van der Waals surface area contributed by atoms with Crippen LogP contribution in [0.15, 0.2) is 77.7 Å². The first-order chi connectivity index (χ1) is 17.1. The van der Waals surface area contributed by atoms with Crippen molar-refractivity contribution < 1.29 is 14.3 Å². The Morgan fingerprint density at radius 3 is 2.54 bits per heavy atom. The number of para-hydroxylation sites is 2. The van der Waals surface area contributed by atoms with E-state index in [0.717, 1.165) is 21.3 Å². The number of imidazole rings is 1. The molecule has 5 aromatic rings. The van der Waals surface area contributed by atoms with Gasteiger partial charge in [-0.15, -0.1) is 0 Å². The maximum absolute atomic E-state index is 13.2. The number of rotatable bonds is 7. The Morgan fingerprint density at radius 2 is 1.80 bits per heavy atom. The highest BCUT2D eigenvalue weighted by molar-refractivity contribution is 5.89. The van der Waals surface area contributed by atoms with Gasteiger partial charge in [0.2, 0.25) is 5.91 Å². The monoisotopic (exact) mass is 469 g/mol. The molecule has 176 valence electrons. The minimum atomic E-state index is -0.540. The third kappa shape index (κ3) is 4.19. The van der Waals surface area contributed by atoms with E-state index in [-0.39, 0.29) is 6.54 Å². The van der Waals surface area contributed by atoms with Crippen LogP contribution in [0.25, 0.3) is 21.8 Å². The Kier molecular flexibility index (Phi) is 5.88. The first kappa shape index (κ1) is 22.1. The average molecular weight is 470 g/mol. The van der Waals surface area contributed by atoms with Gasteiger partial charge in [0.15, 0.2) is 11.5 Å². The van der Waals surface area contributed by atoms with Gasteiger partial charge in [-0.2, -0.15) is 5.10 Å². The Morgan fingerprint density at radius 1 is 1.03 bits per heavy atom. The lowest BCUT2D eigenvalue weighted by atomic mass is 10.1. The molecule has 0 bridgehead atoms. The lowest BCUT2D eigenvalue weighted by Gasteiger charge is -2.18. The number of hydrogen-bond donors (Lipinski definition) is 2. The summed E-state index contributed by atoms with van der Waals surface area (Å²) in [5, 5.41) is 8.07. The van der Waals surface area contributed by atoms with Crippen molar-refractivity contribution in [2.45, 2.75) is 12.6 Å². The third-order valence-corrected chi connectivity index (χ3v) is 5.78. The number of aromatic amines is 1. The zero-order valence-electron chi connectivity index (χ0n) is 19.2. The van der Waals surface area contributed by atoms with Gasteiger partial charge in [0, 0.05) is 5.39 Å². The van der Waals surface area contributed by atoms with Crippen LogP contribution in [0.3, 0.4) is 0 Å². The molecule has 0 aliphatic rings. The maximum Gasteiger partial charge on any atom is 0.279 e. The number of H-pyrrole nitrogens is 1. The molecule has 0 aliphatic carbocycles. The van der Waals surface area contributed by atoms with Gasteiger partial charge in [0.1, 0.15) is 18.4 Å². The van der Waals surface area contributed by atoms with Gasteiger partial charge >= 0.3 is 0 Å². The van der Waals surface area contributed by atoms with Gasteiger partial charge in [-0.25, -0.2) is 9.67 Å². The molecule has 9 heteroatoms. The minimum absolute atomic E-state index is 0.279. The molecule has 35 heavy (non-hydrogen) atoms. The summed E-state index contributed by atoms with van der Waals surface area (Å²) >= 11 is 0. The van der Waals surface area contributed by atoms with E-state index < -0.39 is 17.5 Å². The SMILES string of the molecule is COc1ccc2cnn(CC(=O)NC(c3ccccc3)c3nc4ccccc4[nH]3)c(=O)c2c1OC. The van der Waals surface area contributed by atoms with Gasteiger partial charge in [0.05, 0.1) is 36.8 Å². The van der Waals surface area contributed by atoms with Crippen molar-refractivity contribution in [1.82, 2.24) is 25.1 Å². The Balaban J connectivity index is 1.48. The predicted molar refractivity (Wildman–Crippen MR) is 132 cm³/mol. The molecule has 0 spiro atoms. The smallest absolute Gasteiger partial charge is 0.279 e. The summed E-state index contributed by atoms with van der Waals surface area (Å²) in [6, 6.07) is 20.1. The lowest BCUT2D eigenvalue weighted by Crippen LogP contribution is -2.36. The van der Waals surface area contributed by atoms with E-state index in [1.165, 1.54) is 20.4 Å². The van der Waals surface area contributed by atoms with Gasteiger partial charge in [0.25, 0.3) is 5.56 Å². The molecule has 9 nitrogen and oxygen atoms in total. The number of hydrogen-bond acceptors (Lipinski definition) is 6. The van der Waals surface area contributed by atoms with Gasteiger partial charge in [-0.3, -0.25) is 9.59 Å². The number of nitrogens with zero attached hydrogens (tertiary/aromatic N) is 3. The van der Waals surface area contributed by atoms with E-state index >= 15 is 0 Å². The van der Waals surface area contributed by atoms with Crippen molar-refractivity contribution in [3.63, 3.8) is 0 Å². The highest BCUT2D eigenvalue weighted by atomic mass is 16.5. The molecule has 0 radical (unpaired) electrons. The van der Waals surface area contributed by atoms with E-state index in [0.29, 0.717) is 28.1 Å². The second-order valence-corrected chi connectivity index (χ2v) is 7.92. The molecule has 2 N–H and O–H groups in total. The number of benzene rings is 3. The molecular weight excluding hydrogens is 446 g/mol. The van der Waals surface area contributed by atoms with Crippen LogP contribution in [-0.2, 0) is 11.3 Å². The highest BCUT2D eigenvalue weighted by Crippen LogP contribution is 2.32. The van der Waals surface area contributed by atoms with Crippen LogP contribution in [0.5, 0.6) is 11.5 Å². The van der Waals surface area contributed by atoms with Crippen molar-refractivity contribution in [3.8, 4) is 11.5 Å². The molecule has 1 amide bonds. The van der Waals surface area contributed by atoms with E-state index in [1.54, 1.807) is 12.1 Å². The molecule has 5 rings (SSSR count). The van der Waals surface area contributed by atoms with Crippen LogP contribution in [0.1, 0.15) is 17.4 Å². The molecule has 0 saturated carbocycles. The number of ether oxygens (including phenoxy) is 2. The molecule has 0 saturated heterocycles. The topological polar surface area (TPSA) is 111 Å². The summed E-state index contributed by atoms with van der Waals surface area (Å²) < 4.78 is 11.8. The fourth-order valence-electron chi connectivity index (χ4n) is 4.10. The summed E-state index contributed by atoms with van der Waals surface area (Å²) in [6.07, 6.45) is 1.53. The maximum atomic E-state index is 13.2. The molecular formula is C26H23N5O4. The number of carbonyl (C=O) groups excluding carboxylic acids is 1. The zero-order valence-corrected chi connectivity index (χ0v) is 19.2. The number of aromatic nitrogens is 4. The molecule has 0 fully saturated rings. The van der Waals surface area contributed by atoms with E-state index in [9.17, 15) is 9.59 Å². The van der Waals surface area contributed by atoms with Gasteiger partial charge in [-0.1, -0.05) is 42.5 Å². The first-order valence-electron chi connectivity index (χ1n) is 11.0. The summed E-state index contributed by atoms with van der Waals surface area (Å²) in [5.74, 6) is 0.926. The van der Waals surface area contributed by atoms with E-state index in [2.05, 4.69) is 20.4 Å². The lowest BCUT2D eigenvalue weighted by molar-refractivity contribution is -0.122. The van der Waals surface area contributed by atoms with Crippen LogP contribution < -0.4 is 20.3 Å². The van der Waals surface area contributed by atoms with Crippen molar-refractivity contribution in [2.24, 2.45) is 0 Å². The third-order valence-electron chi connectivity index (χ3n) is 5.78. The van der Waals surface area contributed by atoms with Crippen molar-refractivity contribution >= 4 is 27.7 Å². The van der Waals surface area contributed by atoms with Crippen LogP contribution in [-0.4, -0.2) is 39.9 Å². The summed E-state index contributed by atoms with van der Waals surface area (Å²) in [7, 11) is 2.96. The molecule has 2 aromatic heterocycles. The Bertz CT molecular complexity index is 1540. The normalized spacial score (nSPS) is 11.9. The minimum Gasteiger partial charge on any atom is -0.493 e. The van der Waals surface area contributed by atoms with Crippen LogP contribution in [0.2, 0.25) is 0 Å². The molecule has 2 heterocycles. The molecule has 0 aliphatic heterocycles. The number of amides is 1. The van der Waals surface area contributed by atoms with Crippen LogP contribution in [0, 0.1) is 0 Å². The fraction of sp³-hybridized carbons (Fsp3) is 0.154. The van der Waals surface area contributed by atoms with Crippen LogP contribution in [0.4, 0.5) is 0 Å². The summed E-state index contributed by atoms with van der Waals surface area (Å²) in [4.78, 5) is 34.3. The van der Waals surface area contributed by atoms with E-state index in [1.807, 2.05) is 54.6 Å². The van der Waals surface area contributed by atoms with Gasteiger partial charge < -0.3 is 19.8 Å². The quantitative estimate of drug-likeness (QED) is 0.379. The Hall–Kier alpha value is -4.66. The summed E-state index contributed by atoms with van der Waals surface area (Å²) in [6.45, 7) is -0.279. The van der Waals surface area contributed by atoms with Crippen molar-refractivity contribution in [3.05, 3.63) is 94.7 Å². The second-order valence-electron chi connectivity index (χ2n) is 7.92. The molecule has 3 aromatic carbocycles. The van der Waals surface area contributed by atoms with Crippen molar-refractivity contribution in [1.29, 1.82) is 0 Å². The molecule has 1 atom stereocenters. The second kappa shape index (κ2) is 9.30. The zero-order chi connectivity index (χ0) is 24.4. The van der Waals surface area contributed by atoms with E-state index in [4.69, 9.17) is 9.47 Å². The fourth-order valence-corrected chi connectivity index (χ4v) is 4.10. The highest BCUT2D eigenvalue weighted by Gasteiger charge is 2.22. The number of methoxy groups -OCH3 is 2. The number of nitrogens with one attached hydrogen (secondary N) is 2. The number of fused-ring (bicyclic) bond motifs is 2. The average Bonchev–Trinajstić information content (AvgIpc) is 3.32. The molecule has 1 unspecified atom stereocenters. The van der Waals surface area contributed by atoms with Crippen molar-refractivity contribution in [2.75, 3.05) is 14.2 Å². The largest absolute Gasteiger partial charge is 0.493 e.